The molecule has 0 bridgehead atoms. The van der Waals surface area contributed by atoms with Gasteiger partial charge in [-0.3, -0.25) is 14.4 Å². The predicted octanol–water partition coefficient (Wildman–Crippen LogP) is 17.5. The number of rotatable bonds is 46. The summed E-state index contributed by atoms with van der Waals surface area (Å²) in [5.41, 5.74) is 0. The zero-order chi connectivity index (χ0) is 47.2. The Morgan fingerprint density at radius 2 is 0.677 bits per heavy atom. The Morgan fingerprint density at radius 3 is 1.12 bits per heavy atom. The molecule has 0 aliphatic heterocycles. The molecule has 0 aliphatic carbocycles. The molecule has 0 spiro atoms. The van der Waals surface area contributed by atoms with Gasteiger partial charge in [-0.05, 0) is 83.5 Å². The van der Waals surface area contributed by atoms with Crippen molar-refractivity contribution in [3.63, 3.8) is 0 Å². The number of carbonyl (C=O) groups is 3. The predicted molar refractivity (Wildman–Crippen MR) is 279 cm³/mol. The zero-order valence-corrected chi connectivity index (χ0v) is 42.0. The van der Waals surface area contributed by atoms with Crippen LogP contribution in [0.4, 0.5) is 0 Å². The highest BCUT2D eigenvalue weighted by molar-refractivity contribution is 5.71. The number of esters is 3. The summed E-state index contributed by atoms with van der Waals surface area (Å²) in [7, 11) is 0. The summed E-state index contributed by atoms with van der Waals surface area (Å²) < 4.78 is 16.8. The molecule has 0 aromatic carbocycles. The van der Waals surface area contributed by atoms with Crippen LogP contribution in [0.2, 0.25) is 0 Å². The van der Waals surface area contributed by atoms with Crippen LogP contribution in [0.25, 0.3) is 0 Å². The van der Waals surface area contributed by atoms with Crippen LogP contribution in [0.5, 0.6) is 0 Å². The van der Waals surface area contributed by atoms with E-state index in [1.807, 2.05) is 36.5 Å². The number of ether oxygens (including phenoxy) is 3. The maximum absolute atomic E-state index is 12.8. The van der Waals surface area contributed by atoms with Crippen molar-refractivity contribution >= 4 is 17.9 Å². The van der Waals surface area contributed by atoms with E-state index in [0.29, 0.717) is 19.3 Å². The normalized spacial score (nSPS) is 13.0. The molecule has 0 saturated heterocycles. The minimum atomic E-state index is -0.808. The van der Waals surface area contributed by atoms with Gasteiger partial charge in [-0.2, -0.15) is 0 Å². The average molecular weight is 901 g/mol. The Morgan fingerprint density at radius 1 is 0.338 bits per heavy atom. The number of hydrogen-bond acceptors (Lipinski definition) is 6. The summed E-state index contributed by atoms with van der Waals surface area (Å²) in [6.07, 6.45) is 70.7. The summed E-state index contributed by atoms with van der Waals surface area (Å²) in [6.45, 7) is 6.32. The van der Waals surface area contributed by atoms with Crippen LogP contribution >= 0.6 is 0 Å². The molecule has 65 heavy (non-hydrogen) atoms. The van der Waals surface area contributed by atoms with Gasteiger partial charge in [0.2, 0.25) is 0 Å². The topological polar surface area (TPSA) is 78.9 Å². The molecule has 0 saturated carbocycles. The van der Waals surface area contributed by atoms with Crippen molar-refractivity contribution in [1.29, 1.82) is 0 Å². The van der Waals surface area contributed by atoms with Gasteiger partial charge in [-0.1, -0.05) is 233 Å². The molecule has 0 fully saturated rings. The van der Waals surface area contributed by atoms with Crippen LogP contribution in [0.15, 0.2) is 109 Å². The lowest BCUT2D eigenvalue weighted by Gasteiger charge is -2.18. The van der Waals surface area contributed by atoms with Crippen LogP contribution in [0.1, 0.15) is 226 Å². The molecule has 1 atom stereocenters. The quantitative estimate of drug-likeness (QED) is 0.0199. The maximum atomic E-state index is 12.8. The molecule has 1 unspecified atom stereocenters. The van der Waals surface area contributed by atoms with E-state index in [4.69, 9.17) is 14.2 Å². The minimum absolute atomic E-state index is 0.108. The fraction of sp³-hybridized carbons (Fsp3) is 0.644. The van der Waals surface area contributed by atoms with E-state index in [2.05, 4.69) is 93.7 Å². The lowest BCUT2D eigenvalue weighted by molar-refractivity contribution is -0.167. The molecule has 0 rings (SSSR count). The van der Waals surface area contributed by atoms with Crippen molar-refractivity contribution in [3.8, 4) is 0 Å². The van der Waals surface area contributed by atoms with Gasteiger partial charge in [0.15, 0.2) is 6.10 Å². The lowest BCUT2D eigenvalue weighted by Crippen LogP contribution is -2.30. The van der Waals surface area contributed by atoms with Crippen molar-refractivity contribution in [2.75, 3.05) is 13.2 Å². The van der Waals surface area contributed by atoms with Gasteiger partial charge in [0.05, 0.1) is 0 Å². The second-order valence-corrected chi connectivity index (χ2v) is 17.1. The summed E-state index contributed by atoms with van der Waals surface area (Å²) in [4.78, 5) is 38.0. The molecule has 0 N–H and O–H groups in total. The molecule has 6 nitrogen and oxygen atoms in total. The largest absolute Gasteiger partial charge is 0.462 e. The highest BCUT2D eigenvalue weighted by atomic mass is 16.6. The third-order valence-electron chi connectivity index (χ3n) is 10.9. The fourth-order valence-electron chi connectivity index (χ4n) is 6.95. The van der Waals surface area contributed by atoms with E-state index in [9.17, 15) is 14.4 Å². The second kappa shape index (κ2) is 52.7. The molecule has 0 aromatic rings. The van der Waals surface area contributed by atoms with E-state index < -0.39 is 6.10 Å². The number of unbranched alkanes of at least 4 members (excludes halogenated alkanes) is 20. The first-order chi connectivity index (χ1) is 32.0. The Balaban J connectivity index is 4.49. The first kappa shape index (κ1) is 61.1. The molecule has 368 valence electrons. The van der Waals surface area contributed by atoms with Crippen molar-refractivity contribution in [2.24, 2.45) is 0 Å². The summed E-state index contributed by atoms with van der Waals surface area (Å²) in [6, 6.07) is 0. The van der Waals surface area contributed by atoms with Crippen LogP contribution in [0, 0.1) is 0 Å². The van der Waals surface area contributed by atoms with Gasteiger partial charge in [-0.25, -0.2) is 0 Å². The monoisotopic (exact) mass is 901 g/mol. The zero-order valence-electron chi connectivity index (χ0n) is 42.0. The van der Waals surface area contributed by atoms with Gasteiger partial charge >= 0.3 is 17.9 Å². The highest BCUT2D eigenvalue weighted by Crippen LogP contribution is 2.15. The molecular formula is C59H96O6. The maximum Gasteiger partial charge on any atom is 0.306 e. The smallest absolute Gasteiger partial charge is 0.306 e. The van der Waals surface area contributed by atoms with E-state index in [1.165, 1.54) is 77.0 Å². The first-order valence-electron chi connectivity index (χ1n) is 26.4. The van der Waals surface area contributed by atoms with Gasteiger partial charge in [0, 0.05) is 19.3 Å². The SMILES string of the molecule is CC/C=C/C=C/C=C/C=C/CCCCCC(=O)OCC(COC(=O)CCCCC/C=C/C/C=C/C/C=C/C/C=C/C/C=C/CC)OC(=O)CCCCCCCCCCCCCCCCC. The Hall–Kier alpha value is -3.93. The Kier molecular flexibility index (Phi) is 49.5. The molecule has 6 heteroatoms. The molecule has 0 amide bonds. The number of carbonyl (C=O) groups excluding carboxylic acids is 3. The van der Waals surface area contributed by atoms with Crippen molar-refractivity contribution in [3.05, 3.63) is 109 Å². The Labute approximate surface area is 400 Å². The van der Waals surface area contributed by atoms with E-state index in [1.54, 1.807) is 0 Å². The second-order valence-electron chi connectivity index (χ2n) is 17.1. The van der Waals surface area contributed by atoms with Crippen molar-refractivity contribution in [2.45, 2.75) is 232 Å². The summed E-state index contributed by atoms with van der Waals surface area (Å²) >= 11 is 0. The van der Waals surface area contributed by atoms with Gasteiger partial charge in [0.25, 0.3) is 0 Å². The summed E-state index contributed by atoms with van der Waals surface area (Å²) in [5.74, 6) is -0.978. The third kappa shape index (κ3) is 50.9. The number of hydrogen-bond donors (Lipinski definition) is 0. The van der Waals surface area contributed by atoms with E-state index in [-0.39, 0.29) is 31.1 Å². The van der Waals surface area contributed by atoms with Gasteiger partial charge in [-0.15, -0.1) is 0 Å². The van der Waals surface area contributed by atoms with Crippen LogP contribution in [-0.4, -0.2) is 37.2 Å². The highest BCUT2D eigenvalue weighted by Gasteiger charge is 2.19. The van der Waals surface area contributed by atoms with Crippen LogP contribution < -0.4 is 0 Å². The van der Waals surface area contributed by atoms with Gasteiger partial charge in [0.1, 0.15) is 13.2 Å². The van der Waals surface area contributed by atoms with Gasteiger partial charge < -0.3 is 14.2 Å². The van der Waals surface area contributed by atoms with Crippen LogP contribution in [0.3, 0.4) is 0 Å². The minimum Gasteiger partial charge on any atom is -0.462 e. The summed E-state index contributed by atoms with van der Waals surface area (Å²) in [5, 5.41) is 0. The van der Waals surface area contributed by atoms with Crippen LogP contribution in [-0.2, 0) is 28.6 Å². The molecule has 0 aromatic heterocycles. The molecular weight excluding hydrogens is 805 g/mol. The number of allylic oxidation sites excluding steroid dienone is 18. The van der Waals surface area contributed by atoms with E-state index >= 15 is 0 Å². The average Bonchev–Trinajstić information content (AvgIpc) is 3.30. The Bertz CT molecular complexity index is 1360. The lowest BCUT2D eigenvalue weighted by atomic mass is 10.0. The van der Waals surface area contributed by atoms with Crippen molar-refractivity contribution in [1.82, 2.24) is 0 Å². The molecule has 0 aliphatic rings. The third-order valence-corrected chi connectivity index (χ3v) is 10.9. The first-order valence-corrected chi connectivity index (χ1v) is 26.4. The van der Waals surface area contributed by atoms with E-state index in [0.717, 1.165) is 109 Å². The molecule has 0 radical (unpaired) electrons. The van der Waals surface area contributed by atoms with Crippen molar-refractivity contribution < 1.29 is 28.6 Å². The molecule has 0 heterocycles. The fourth-order valence-corrected chi connectivity index (χ4v) is 6.95. The standard InChI is InChI=1S/C59H96O6/c1-4-7-10-13-16-19-22-25-27-28-29-30-32-34-37-40-43-46-49-52-58(61)64-55-56(54-63-57(60)51-48-45-42-39-36-33-24-21-18-15-12-9-6-3)65-59(62)53-50-47-44-41-38-35-31-26-23-20-17-14-11-8-5-2/h7,9-10,12,15-16,18-19,21,24-25,27,29-30,33-34,36-37,56H,4-6,8,11,13-14,17,20,22-23,26,28,31-32,35,38-55H2,1-3H3/b10-7+,12-9+,18-15+,19-16+,24-21+,27-25+,30-29+,36-33+,37-34+.